The van der Waals surface area contributed by atoms with Gasteiger partial charge in [0.1, 0.15) is 11.6 Å². The second kappa shape index (κ2) is 8.48. The van der Waals surface area contributed by atoms with Crippen molar-refractivity contribution in [1.82, 2.24) is 4.90 Å². The highest BCUT2D eigenvalue weighted by atomic mass is 19.1. The minimum atomic E-state index is -0.693. The Bertz CT molecular complexity index is 884. The molecule has 0 bridgehead atoms. The van der Waals surface area contributed by atoms with Crippen molar-refractivity contribution in [3.8, 4) is 5.75 Å². The molecule has 7 nitrogen and oxygen atoms in total. The fourth-order valence-electron chi connectivity index (χ4n) is 3.48. The van der Waals surface area contributed by atoms with Crippen molar-refractivity contribution in [1.29, 1.82) is 0 Å². The van der Waals surface area contributed by atoms with E-state index in [-0.39, 0.29) is 30.7 Å². The molecule has 2 heterocycles. The van der Waals surface area contributed by atoms with Crippen LogP contribution in [0.3, 0.4) is 0 Å². The number of fused-ring (bicyclic) bond motifs is 1. The number of hydrogen-bond donors (Lipinski definition) is 1. The lowest BCUT2D eigenvalue weighted by Crippen LogP contribution is -2.53. The Labute approximate surface area is 168 Å². The maximum absolute atomic E-state index is 13.1. The van der Waals surface area contributed by atoms with E-state index >= 15 is 0 Å². The number of morpholine rings is 1. The van der Waals surface area contributed by atoms with E-state index in [0.717, 1.165) is 5.69 Å². The van der Waals surface area contributed by atoms with E-state index in [0.29, 0.717) is 37.7 Å². The van der Waals surface area contributed by atoms with Crippen LogP contribution in [0.1, 0.15) is 0 Å². The molecule has 4 rings (SSSR count). The third kappa shape index (κ3) is 4.48. The van der Waals surface area contributed by atoms with Gasteiger partial charge in [0, 0.05) is 18.8 Å². The summed E-state index contributed by atoms with van der Waals surface area (Å²) >= 11 is 0. The molecule has 2 aromatic carbocycles. The van der Waals surface area contributed by atoms with Crippen LogP contribution in [-0.4, -0.2) is 62.2 Å². The van der Waals surface area contributed by atoms with Gasteiger partial charge in [0.2, 0.25) is 5.91 Å². The minimum Gasteiger partial charge on any atom is -0.477 e. The second-order valence-electron chi connectivity index (χ2n) is 6.95. The van der Waals surface area contributed by atoms with Crippen LogP contribution in [0.15, 0.2) is 48.5 Å². The third-order valence-electron chi connectivity index (χ3n) is 4.92. The predicted molar refractivity (Wildman–Crippen MR) is 105 cm³/mol. The summed E-state index contributed by atoms with van der Waals surface area (Å²) in [6.45, 7) is 2.41. The molecule has 0 aromatic heterocycles. The van der Waals surface area contributed by atoms with Crippen molar-refractivity contribution in [2.75, 3.05) is 49.6 Å². The molecule has 0 unspecified atom stereocenters. The fourth-order valence-corrected chi connectivity index (χ4v) is 3.48. The van der Waals surface area contributed by atoms with Gasteiger partial charge in [0.15, 0.2) is 6.10 Å². The molecule has 2 aromatic rings. The summed E-state index contributed by atoms with van der Waals surface area (Å²) in [5.41, 5.74) is 1.27. The van der Waals surface area contributed by atoms with Crippen LogP contribution in [0.4, 0.5) is 15.8 Å². The molecule has 152 valence electrons. The highest BCUT2D eigenvalue weighted by molar-refractivity contribution is 5.95. The van der Waals surface area contributed by atoms with Gasteiger partial charge >= 0.3 is 0 Å². The van der Waals surface area contributed by atoms with Gasteiger partial charge in [-0.2, -0.15) is 0 Å². The Morgan fingerprint density at radius 2 is 1.79 bits per heavy atom. The van der Waals surface area contributed by atoms with E-state index in [1.807, 2.05) is 23.1 Å². The number of carbonyl (C=O) groups excluding carboxylic acids is 2. The Kier molecular flexibility index (Phi) is 5.62. The van der Waals surface area contributed by atoms with Crippen LogP contribution in [0.25, 0.3) is 0 Å². The smallest absolute Gasteiger partial charge is 0.265 e. The zero-order chi connectivity index (χ0) is 20.2. The lowest BCUT2D eigenvalue weighted by atomic mass is 10.1. The van der Waals surface area contributed by atoms with Crippen molar-refractivity contribution in [2.45, 2.75) is 6.10 Å². The molecule has 0 spiro atoms. The van der Waals surface area contributed by atoms with Crippen molar-refractivity contribution in [3.05, 3.63) is 54.3 Å². The first-order valence-electron chi connectivity index (χ1n) is 9.53. The van der Waals surface area contributed by atoms with E-state index in [1.165, 1.54) is 24.3 Å². The Balaban J connectivity index is 1.48. The van der Waals surface area contributed by atoms with Gasteiger partial charge < -0.3 is 24.6 Å². The number of carbonyl (C=O) groups is 2. The number of anilines is 2. The fraction of sp³-hybridized carbons (Fsp3) is 0.333. The summed E-state index contributed by atoms with van der Waals surface area (Å²) in [6, 6.07) is 12.9. The average Bonchev–Trinajstić information content (AvgIpc) is 2.75. The van der Waals surface area contributed by atoms with Crippen molar-refractivity contribution in [3.63, 3.8) is 0 Å². The van der Waals surface area contributed by atoms with E-state index in [2.05, 4.69) is 5.32 Å². The number of hydrogen-bond acceptors (Lipinski definition) is 5. The molecular weight excluding hydrogens is 377 g/mol. The van der Waals surface area contributed by atoms with E-state index in [1.54, 1.807) is 11.0 Å². The van der Waals surface area contributed by atoms with Crippen LogP contribution >= 0.6 is 0 Å². The van der Waals surface area contributed by atoms with Crippen molar-refractivity contribution < 1.29 is 23.5 Å². The van der Waals surface area contributed by atoms with Gasteiger partial charge in [-0.15, -0.1) is 0 Å². The topological polar surface area (TPSA) is 71.1 Å². The van der Waals surface area contributed by atoms with Crippen LogP contribution in [0, 0.1) is 5.82 Å². The Morgan fingerprint density at radius 3 is 2.55 bits per heavy atom. The first-order chi connectivity index (χ1) is 14.1. The summed E-state index contributed by atoms with van der Waals surface area (Å²) in [6.07, 6.45) is -0.693. The number of ether oxygens (including phenoxy) is 2. The molecule has 1 N–H and O–H groups in total. The monoisotopic (exact) mass is 399 g/mol. The molecule has 8 heteroatoms. The lowest BCUT2D eigenvalue weighted by molar-refractivity contribution is -0.142. The molecule has 1 fully saturated rings. The van der Waals surface area contributed by atoms with E-state index < -0.39 is 6.10 Å². The number of nitrogens with one attached hydrogen (secondary N) is 1. The first kappa shape index (κ1) is 19.2. The van der Waals surface area contributed by atoms with Gasteiger partial charge in [-0.1, -0.05) is 12.1 Å². The molecule has 29 heavy (non-hydrogen) atoms. The predicted octanol–water partition coefficient (Wildman–Crippen LogP) is 1.89. The van der Waals surface area contributed by atoms with Crippen molar-refractivity contribution in [2.24, 2.45) is 0 Å². The van der Waals surface area contributed by atoms with Gasteiger partial charge in [0.05, 0.1) is 32.0 Å². The Hall–Kier alpha value is -3.13. The Morgan fingerprint density at radius 1 is 1.07 bits per heavy atom. The summed E-state index contributed by atoms with van der Waals surface area (Å²) in [4.78, 5) is 29.0. The SMILES string of the molecule is O=C(CN1C[C@H](C(=O)N2CCOCC2)Oc2ccccc21)Nc1ccc(F)cc1. The first-order valence-corrected chi connectivity index (χ1v) is 9.53. The number of rotatable bonds is 4. The summed E-state index contributed by atoms with van der Waals surface area (Å²) in [7, 11) is 0. The number of halogens is 1. The highest BCUT2D eigenvalue weighted by Gasteiger charge is 2.34. The molecule has 1 atom stereocenters. The molecule has 0 radical (unpaired) electrons. The standard InChI is InChI=1S/C21H22FN3O4/c22-15-5-7-16(8-6-15)23-20(26)14-25-13-19(21(27)24-9-11-28-12-10-24)29-18-4-2-1-3-17(18)25/h1-8,19H,9-14H2,(H,23,26)/t19-/m1/s1. The summed E-state index contributed by atoms with van der Waals surface area (Å²) < 4.78 is 24.3. The number of amides is 2. The molecule has 2 amide bonds. The van der Waals surface area contributed by atoms with Gasteiger partial charge in [-0.3, -0.25) is 9.59 Å². The minimum absolute atomic E-state index is 0.0463. The molecule has 2 aliphatic heterocycles. The quantitative estimate of drug-likeness (QED) is 0.850. The van der Waals surface area contributed by atoms with Crippen LogP contribution in [0.2, 0.25) is 0 Å². The maximum atomic E-state index is 13.1. The molecule has 0 aliphatic carbocycles. The normalized spacial score (nSPS) is 18.6. The highest BCUT2D eigenvalue weighted by Crippen LogP contribution is 2.33. The van der Waals surface area contributed by atoms with Gasteiger partial charge in [-0.05, 0) is 36.4 Å². The largest absolute Gasteiger partial charge is 0.477 e. The number of benzene rings is 2. The molecule has 1 saturated heterocycles. The van der Waals surface area contributed by atoms with Gasteiger partial charge in [-0.25, -0.2) is 4.39 Å². The van der Waals surface area contributed by atoms with Gasteiger partial charge in [0.25, 0.3) is 5.91 Å². The van der Waals surface area contributed by atoms with Crippen LogP contribution < -0.4 is 15.0 Å². The zero-order valence-corrected chi connectivity index (χ0v) is 15.8. The lowest BCUT2D eigenvalue weighted by Gasteiger charge is -2.38. The van der Waals surface area contributed by atoms with E-state index in [4.69, 9.17) is 9.47 Å². The molecule has 2 aliphatic rings. The average molecular weight is 399 g/mol. The van der Waals surface area contributed by atoms with Crippen molar-refractivity contribution >= 4 is 23.2 Å². The second-order valence-corrected chi connectivity index (χ2v) is 6.95. The van der Waals surface area contributed by atoms with Crippen LogP contribution in [0.5, 0.6) is 5.75 Å². The third-order valence-corrected chi connectivity index (χ3v) is 4.92. The maximum Gasteiger partial charge on any atom is 0.265 e. The summed E-state index contributed by atoms with van der Waals surface area (Å²) in [5, 5.41) is 2.75. The van der Waals surface area contributed by atoms with Crippen LogP contribution in [-0.2, 0) is 14.3 Å². The molecule has 0 saturated carbocycles. The number of para-hydroxylation sites is 2. The number of nitrogens with zero attached hydrogens (tertiary/aromatic N) is 2. The molecular formula is C21H22FN3O4. The zero-order valence-electron chi connectivity index (χ0n) is 15.8. The van der Waals surface area contributed by atoms with E-state index in [9.17, 15) is 14.0 Å². The summed E-state index contributed by atoms with van der Waals surface area (Å²) in [5.74, 6) is -0.160.